The summed E-state index contributed by atoms with van der Waals surface area (Å²) in [5, 5.41) is 12.1. The van der Waals surface area contributed by atoms with Crippen molar-refractivity contribution in [3.63, 3.8) is 0 Å². The molecule has 0 spiro atoms. The Balaban J connectivity index is 5.81. The van der Waals surface area contributed by atoms with Crippen LogP contribution in [0.4, 0.5) is 0 Å². The Labute approximate surface area is 164 Å². The summed E-state index contributed by atoms with van der Waals surface area (Å²) in [5.74, 6) is -1.37. The zero-order chi connectivity index (χ0) is 21.7. The van der Waals surface area contributed by atoms with Crippen LogP contribution in [0.3, 0.4) is 0 Å². The minimum atomic E-state index is -1.01. The van der Waals surface area contributed by atoms with Gasteiger partial charge in [0.05, 0.1) is 6.04 Å². The molecule has 0 fully saturated rings. The lowest BCUT2D eigenvalue weighted by molar-refractivity contribution is -0.142. The van der Waals surface area contributed by atoms with Crippen LogP contribution in [0.25, 0.3) is 0 Å². The molecular weight excluding hydrogens is 344 g/mol. The number of carboxylic acid groups (broad SMARTS) is 1. The Hall–Kier alpha value is -1.85. The third-order valence-electron chi connectivity index (χ3n) is 5.12. The second-order valence-corrected chi connectivity index (χ2v) is 9.35. The molecule has 0 aliphatic rings. The van der Waals surface area contributed by atoms with Crippen molar-refractivity contribution in [1.29, 1.82) is 0 Å². The molecule has 0 bridgehead atoms. The molecule has 6 nitrogen and oxygen atoms in total. The van der Waals surface area contributed by atoms with E-state index in [2.05, 4.69) is 5.32 Å². The lowest BCUT2D eigenvalue weighted by Gasteiger charge is -2.38. The molecule has 0 aromatic rings. The van der Waals surface area contributed by atoms with Crippen LogP contribution in [-0.2, 0) is 14.4 Å². The number of hydrogen-bond acceptors (Lipinski definition) is 3. The van der Waals surface area contributed by atoms with E-state index in [0.29, 0.717) is 6.42 Å². The van der Waals surface area contributed by atoms with Crippen LogP contribution >= 0.6 is 0 Å². The largest absolute Gasteiger partial charge is 0.478 e. The Bertz CT molecular complexity index is 585. The van der Waals surface area contributed by atoms with Crippen LogP contribution in [0.1, 0.15) is 68.7 Å². The van der Waals surface area contributed by atoms with Gasteiger partial charge in [-0.3, -0.25) is 9.59 Å². The summed E-state index contributed by atoms with van der Waals surface area (Å²) >= 11 is 0. The highest BCUT2D eigenvalue weighted by atomic mass is 16.4. The maximum absolute atomic E-state index is 13.3. The molecule has 2 N–H and O–H groups in total. The Kier molecular flexibility index (Phi) is 8.74. The maximum atomic E-state index is 13.3. The minimum Gasteiger partial charge on any atom is -0.478 e. The van der Waals surface area contributed by atoms with Gasteiger partial charge in [-0.2, -0.15) is 0 Å². The van der Waals surface area contributed by atoms with Crippen molar-refractivity contribution in [2.24, 2.45) is 16.7 Å². The number of nitrogens with one attached hydrogen (secondary N) is 1. The third kappa shape index (κ3) is 7.00. The second kappa shape index (κ2) is 9.38. The smallest absolute Gasteiger partial charge is 0.331 e. The molecule has 0 aromatic heterocycles. The standard InChI is InChI=1S/C21H38N2O4/c1-11-21(8,9)19(27)22-16(20(5,6)7)17(24)23(10)15(13(2)3)12-14(4)18(25)26/h12-13,15-16H,11H2,1-10H3,(H,22,27)(H,25,26)/b14-12+/t15-,16-/m1/s1. The van der Waals surface area contributed by atoms with Crippen LogP contribution in [0.5, 0.6) is 0 Å². The molecule has 156 valence electrons. The maximum Gasteiger partial charge on any atom is 0.331 e. The Morgan fingerprint density at radius 2 is 1.59 bits per heavy atom. The second-order valence-electron chi connectivity index (χ2n) is 9.35. The Morgan fingerprint density at radius 3 is 1.93 bits per heavy atom. The average molecular weight is 383 g/mol. The fourth-order valence-electron chi connectivity index (χ4n) is 2.57. The van der Waals surface area contributed by atoms with Gasteiger partial charge in [-0.05, 0) is 24.7 Å². The van der Waals surface area contributed by atoms with Crippen molar-refractivity contribution in [2.45, 2.75) is 80.8 Å². The number of rotatable bonds is 8. The number of likely N-dealkylation sites (N-methyl/N-ethyl adjacent to an activating group) is 1. The molecule has 0 saturated carbocycles. The molecule has 0 aromatic carbocycles. The fourth-order valence-corrected chi connectivity index (χ4v) is 2.57. The average Bonchev–Trinajstić information content (AvgIpc) is 2.54. The molecule has 2 amide bonds. The zero-order valence-electron chi connectivity index (χ0n) is 18.6. The van der Waals surface area contributed by atoms with E-state index in [9.17, 15) is 19.5 Å². The lowest BCUT2D eigenvalue weighted by Crippen LogP contribution is -2.58. The summed E-state index contributed by atoms with van der Waals surface area (Å²) in [5.41, 5.74) is -0.867. The molecular formula is C21H38N2O4. The molecule has 0 aliphatic heterocycles. The predicted octanol–water partition coefficient (Wildman–Crippen LogP) is 3.47. The first-order valence-corrected chi connectivity index (χ1v) is 9.55. The van der Waals surface area contributed by atoms with E-state index in [4.69, 9.17) is 0 Å². The summed E-state index contributed by atoms with van der Waals surface area (Å²) in [7, 11) is 1.66. The van der Waals surface area contributed by atoms with Crippen molar-refractivity contribution in [1.82, 2.24) is 10.2 Å². The van der Waals surface area contributed by atoms with E-state index >= 15 is 0 Å². The molecule has 0 rings (SSSR count). The topological polar surface area (TPSA) is 86.7 Å². The van der Waals surface area contributed by atoms with Gasteiger partial charge < -0.3 is 15.3 Å². The highest BCUT2D eigenvalue weighted by molar-refractivity contribution is 5.91. The summed E-state index contributed by atoms with van der Waals surface area (Å²) in [6, 6.07) is -1.09. The van der Waals surface area contributed by atoms with Crippen LogP contribution in [0.15, 0.2) is 11.6 Å². The van der Waals surface area contributed by atoms with Crippen molar-refractivity contribution in [2.75, 3.05) is 7.05 Å². The van der Waals surface area contributed by atoms with Crippen LogP contribution in [0.2, 0.25) is 0 Å². The molecule has 0 radical (unpaired) electrons. The molecule has 27 heavy (non-hydrogen) atoms. The van der Waals surface area contributed by atoms with Crippen molar-refractivity contribution < 1.29 is 19.5 Å². The van der Waals surface area contributed by atoms with Crippen molar-refractivity contribution in [3.8, 4) is 0 Å². The first kappa shape index (κ1) is 25.1. The number of hydrogen-bond donors (Lipinski definition) is 2. The van der Waals surface area contributed by atoms with Crippen LogP contribution < -0.4 is 5.32 Å². The number of carbonyl (C=O) groups excluding carboxylic acids is 2. The monoisotopic (exact) mass is 382 g/mol. The summed E-state index contributed by atoms with van der Waals surface area (Å²) in [4.78, 5) is 38.7. The van der Waals surface area contributed by atoms with Gasteiger partial charge in [0.2, 0.25) is 11.8 Å². The van der Waals surface area contributed by atoms with Crippen molar-refractivity contribution >= 4 is 17.8 Å². The molecule has 2 atom stereocenters. The Morgan fingerprint density at radius 1 is 1.11 bits per heavy atom. The fraction of sp³-hybridized carbons (Fsp3) is 0.762. The van der Waals surface area contributed by atoms with Gasteiger partial charge in [0.1, 0.15) is 6.04 Å². The first-order valence-electron chi connectivity index (χ1n) is 9.55. The summed E-state index contributed by atoms with van der Waals surface area (Å²) in [6.45, 7) is 16.8. The minimum absolute atomic E-state index is 0.0247. The molecule has 6 heteroatoms. The highest BCUT2D eigenvalue weighted by Gasteiger charge is 2.39. The van der Waals surface area contributed by atoms with Gasteiger partial charge in [-0.15, -0.1) is 0 Å². The first-order chi connectivity index (χ1) is 12.1. The molecule has 0 heterocycles. The normalized spacial score (nSPS) is 15.3. The number of nitrogens with zero attached hydrogens (tertiary/aromatic N) is 1. The van der Waals surface area contributed by atoms with E-state index in [1.54, 1.807) is 18.0 Å². The number of carbonyl (C=O) groups is 3. The van der Waals surface area contributed by atoms with Gasteiger partial charge in [0.25, 0.3) is 0 Å². The third-order valence-corrected chi connectivity index (χ3v) is 5.12. The zero-order valence-corrected chi connectivity index (χ0v) is 18.6. The number of amides is 2. The van der Waals surface area contributed by atoms with Crippen LogP contribution in [0, 0.1) is 16.7 Å². The SMILES string of the molecule is CCC(C)(C)C(=O)N[C@H](C(=O)N(C)[C@H](/C=C(\C)C(=O)O)C(C)C)C(C)(C)C. The van der Waals surface area contributed by atoms with E-state index in [0.717, 1.165) is 0 Å². The summed E-state index contributed by atoms with van der Waals surface area (Å²) < 4.78 is 0. The molecule has 0 saturated heterocycles. The summed E-state index contributed by atoms with van der Waals surface area (Å²) in [6.07, 6.45) is 2.26. The van der Waals surface area contributed by atoms with Gasteiger partial charge in [-0.1, -0.05) is 61.5 Å². The van der Waals surface area contributed by atoms with E-state index in [1.165, 1.54) is 6.92 Å². The van der Waals surface area contributed by atoms with Gasteiger partial charge in [-0.25, -0.2) is 4.79 Å². The van der Waals surface area contributed by atoms with Gasteiger partial charge in [0.15, 0.2) is 0 Å². The number of carboxylic acids is 1. The van der Waals surface area contributed by atoms with Gasteiger partial charge in [0, 0.05) is 18.0 Å². The predicted molar refractivity (Wildman–Crippen MR) is 108 cm³/mol. The number of aliphatic carboxylic acids is 1. The van der Waals surface area contributed by atoms with E-state index in [1.807, 2.05) is 55.4 Å². The lowest BCUT2D eigenvalue weighted by atomic mass is 9.83. The molecule has 0 unspecified atom stereocenters. The highest BCUT2D eigenvalue weighted by Crippen LogP contribution is 2.26. The molecule has 0 aliphatic carbocycles. The quantitative estimate of drug-likeness (QED) is 0.629. The van der Waals surface area contributed by atoms with Crippen molar-refractivity contribution in [3.05, 3.63) is 11.6 Å². The van der Waals surface area contributed by atoms with Gasteiger partial charge >= 0.3 is 5.97 Å². The van der Waals surface area contributed by atoms with Crippen LogP contribution in [-0.4, -0.2) is 46.9 Å². The van der Waals surface area contributed by atoms with E-state index < -0.39 is 22.8 Å². The van der Waals surface area contributed by atoms with E-state index in [-0.39, 0.29) is 29.3 Å².